The van der Waals surface area contributed by atoms with Crippen molar-refractivity contribution in [3.05, 3.63) is 30.1 Å². The van der Waals surface area contributed by atoms with Crippen molar-refractivity contribution in [2.45, 2.75) is 50.5 Å². The summed E-state index contributed by atoms with van der Waals surface area (Å²) in [6.07, 6.45) is 12.3. The quantitative estimate of drug-likeness (QED) is 0.888. The van der Waals surface area contributed by atoms with Crippen molar-refractivity contribution >= 4 is 11.8 Å². The Morgan fingerprint density at radius 2 is 2.08 bits per heavy atom. The van der Waals surface area contributed by atoms with E-state index in [9.17, 15) is 9.59 Å². The molecular formula is C19H26N4O2. The Hall–Kier alpha value is -2.11. The van der Waals surface area contributed by atoms with Gasteiger partial charge in [0.2, 0.25) is 11.8 Å². The molecule has 1 N–H and O–H groups in total. The van der Waals surface area contributed by atoms with Crippen LogP contribution in [0.15, 0.2) is 30.1 Å². The third-order valence-electron chi connectivity index (χ3n) is 5.81. The number of carbonyl (C=O) groups is 2. The van der Waals surface area contributed by atoms with Gasteiger partial charge >= 0.3 is 0 Å². The van der Waals surface area contributed by atoms with E-state index in [4.69, 9.17) is 0 Å². The third-order valence-corrected chi connectivity index (χ3v) is 5.81. The summed E-state index contributed by atoms with van der Waals surface area (Å²) in [6.45, 7) is 1.97. The lowest BCUT2D eigenvalue weighted by molar-refractivity contribution is -0.138. The molecular weight excluding hydrogens is 316 g/mol. The first kappa shape index (κ1) is 16.4. The molecule has 1 aromatic heterocycles. The molecule has 0 atom stereocenters. The lowest BCUT2D eigenvalue weighted by atomic mass is 9.86. The van der Waals surface area contributed by atoms with Gasteiger partial charge in [0.1, 0.15) is 5.54 Å². The highest BCUT2D eigenvalue weighted by Crippen LogP contribution is 2.33. The van der Waals surface area contributed by atoms with Gasteiger partial charge in [0.15, 0.2) is 0 Å². The first-order valence-electron chi connectivity index (χ1n) is 9.46. The van der Waals surface area contributed by atoms with Crippen LogP contribution in [0.4, 0.5) is 0 Å². The number of nitrogens with one attached hydrogen (secondary N) is 1. The minimum absolute atomic E-state index is 0.0512. The summed E-state index contributed by atoms with van der Waals surface area (Å²) in [5.74, 6) is 0.856. The smallest absolute Gasteiger partial charge is 0.249 e. The Labute approximate surface area is 148 Å². The predicted octanol–water partition coefficient (Wildman–Crippen LogP) is 1.84. The van der Waals surface area contributed by atoms with E-state index in [-0.39, 0.29) is 11.8 Å². The van der Waals surface area contributed by atoms with Crippen LogP contribution in [-0.4, -0.2) is 46.1 Å². The minimum Gasteiger partial charge on any atom is -0.354 e. The standard InChI is InChI=1S/C19H26N4O2/c24-17(16-4-1-2-5-16)22-12-8-19(9-13-22,23-11-3-10-21-23)18(25)20-14-15-6-7-15/h3-4,10-11,15H,1-2,5-9,12-14H2,(H,20,25). The second kappa shape index (κ2) is 6.65. The summed E-state index contributed by atoms with van der Waals surface area (Å²) >= 11 is 0. The fourth-order valence-electron chi connectivity index (χ4n) is 3.95. The van der Waals surface area contributed by atoms with E-state index >= 15 is 0 Å². The van der Waals surface area contributed by atoms with Crippen molar-refractivity contribution in [3.63, 3.8) is 0 Å². The monoisotopic (exact) mass is 342 g/mol. The van der Waals surface area contributed by atoms with Crippen LogP contribution in [0.25, 0.3) is 0 Å². The van der Waals surface area contributed by atoms with E-state index in [1.54, 1.807) is 10.9 Å². The molecule has 2 amide bonds. The van der Waals surface area contributed by atoms with Crippen LogP contribution in [0.5, 0.6) is 0 Å². The normalized spacial score (nSPS) is 22.6. The number of piperidine rings is 1. The lowest BCUT2D eigenvalue weighted by Crippen LogP contribution is -2.56. The van der Waals surface area contributed by atoms with E-state index in [1.165, 1.54) is 12.8 Å². The molecule has 6 nitrogen and oxygen atoms in total. The molecule has 4 rings (SSSR count). The van der Waals surface area contributed by atoms with Gasteiger partial charge in [-0.2, -0.15) is 5.10 Å². The molecule has 1 aromatic rings. The average Bonchev–Trinajstić information content (AvgIpc) is 3.09. The maximum atomic E-state index is 13.0. The molecule has 134 valence electrons. The summed E-state index contributed by atoms with van der Waals surface area (Å²) in [7, 11) is 0. The third kappa shape index (κ3) is 3.22. The van der Waals surface area contributed by atoms with Gasteiger partial charge in [-0.05, 0) is 56.9 Å². The van der Waals surface area contributed by atoms with Crippen molar-refractivity contribution < 1.29 is 9.59 Å². The van der Waals surface area contributed by atoms with Crippen LogP contribution in [0.3, 0.4) is 0 Å². The molecule has 0 spiro atoms. The maximum Gasteiger partial charge on any atom is 0.249 e. The summed E-state index contributed by atoms with van der Waals surface area (Å²) in [6, 6.07) is 1.86. The molecule has 25 heavy (non-hydrogen) atoms. The van der Waals surface area contributed by atoms with Gasteiger partial charge in [-0.25, -0.2) is 0 Å². The van der Waals surface area contributed by atoms with Gasteiger partial charge in [-0.3, -0.25) is 14.3 Å². The topological polar surface area (TPSA) is 67.2 Å². The molecule has 0 unspecified atom stereocenters. The maximum absolute atomic E-state index is 13.0. The zero-order valence-electron chi connectivity index (χ0n) is 14.6. The Morgan fingerprint density at radius 1 is 1.28 bits per heavy atom. The Kier molecular flexibility index (Phi) is 4.36. The molecule has 1 saturated carbocycles. The van der Waals surface area contributed by atoms with E-state index in [2.05, 4.69) is 16.5 Å². The molecule has 0 radical (unpaired) electrons. The molecule has 0 aromatic carbocycles. The zero-order chi connectivity index (χ0) is 17.3. The molecule has 6 heteroatoms. The Bertz CT molecular complexity index is 668. The van der Waals surface area contributed by atoms with Crippen molar-refractivity contribution in [1.82, 2.24) is 20.0 Å². The van der Waals surface area contributed by atoms with Crippen molar-refractivity contribution in [2.24, 2.45) is 5.92 Å². The second-order valence-electron chi connectivity index (χ2n) is 7.55. The number of hydrogen-bond acceptors (Lipinski definition) is 3. The van der Waals surface area contributed by atoms with E-state index in [1.807, 2.05) is 17.2 Å². The number of carbonyl (C=O) groups excluding carboxylic acids is 2. The highest BCUT2D eigenvalue weighted by atomic mass is 16.2. The Balaban J connectivity index is 1.47. The highest BCUT2D eigenvalue weighted by molar-refractivity contribution is 5.94. The fourth-order valence-corrected chi connectivity index (χ4v) is 3.95. The molecule has 3 aliphatic rings. The van der Waals surface area contributed by atoms with Crippen LogP contribution in [0, 0.1) is 5.92 Å². The van der Waals surface area contributed by atoms with Gasteiger partial charge in [-0.15, -0.1) is 0 Å². The van der Waals surface area contributed by atoms with Crippen LogP contribution in [0.1, 0.15) is 44.9 Å². The van der Waals surface area contributed by atoms with Gasteiger partial charge in [-0.1, -0.05) is 6.08 Å². The lowest BCUT2D eigenvalue weighted by Gasteiger charge is -2.41. The first-order valence-corrected chi connectivity index (χ1v) is 9.46. The number of aromatic nitrogens is 2. The first-order chi connectivity index (χ1) is 12.2. The van der Waals surface area contributed by atoms with E-state index in [0.717, 1.165) is 31.4 Å². The predicted molar refractivity (Wildman–Crippen MR) is 93.7 cm³/mol. The van der Waals surface area contributed by atoms with E-state index in [0.29, 0.717) is 31.8 Å². The summed E-state index contributed by atoms with van der Waals surface area (Å²) in [5.41, 5.74) is 0.281. The van der Waals surface area contributed by atoms with Gasteiger partial charge in [0.25, 0.3) is 0 Å². The summed E-state index contributed by atoms with van der Waals surface area (Å²) in [4.78, 5) is 27.5. The number of hydrogen-bond donors (Lipinski definition) is 1. The van der Waals surface area contributed by atoms with Crippen molar-refractivity contribution in [2.75, 3.05) is 19.6 Å². The molecule has 2 aliphatic carbocycles. The minimum atomic E-state index is -0.667. The van der Waals surface area contributed by atoms with Gasteiger partial charge in [0, 0.05) is 37.6 Å². The van der Waals surface area contributed by atoms with Crippen molar-refractivity contribution in [1.29, 1.82) is 0 Å². The van der Waals surface area contributed by atoms with Gasteiger partial charge < -0.3 is 10.2 Å². The summed E-state index contributed by atoms with van der Waals surface area (Å²) in [5, 5.41) is 7.49. The Morgan fingerprint density at radius 3 is 2.68 bits per heavy atom. The molecule has 2 heterocycles. The number of nitrogens with zero attached hydrogens (tertiary/aromatic N) is 3. The SMILES string of the molecule is O=C(C1=CCCC1)N1CCC(C(=O)NCC2CC2)(n2cccn2)CC1. The zero-order valence-corrected chi connectivity index (χ0v) is 14.6. The average molecular weight is 342 g/mol. The van der Waals surface area contributed by atoms with Crippen molar-refractivity contribution in [3.8, 4) is 0 Å². The number of likely N-dealkylation sites (tertiary alicyclic amines) is 1. The number of rotatable bonds is 5. The molecule has 1 saturated heterocycles. The number of amides is 2. The van der Waals surface area contributed by atoms with Crippen LogP contribution < -0.4 is 5.32 Å². The largest absolute Gasteiger partial charge is 0.354 e. The number of allylic oxidation sites excluding steroid dienone is 1. The second-order valence-corrected chi connectivity index (χ2v) is 7.55. The van der Waals surface area contributed by atoms with Crippen LogP contribution >= 0.6 is 0 Å². The highest BCUT2D eigenvalue weighted by Gasteiger charge is 2.45. The van der Waals surface area contributed by atoms with Crippen LogP contribution in [0.2, 0.25) is 0 Å². The molecule has 0 bridgehead atoms. The van der Waals surface area contributed by atoms with Crippen LogP contribution in [-0.2, 0) is 15.1 Å². The summed E-state index contributed by atoms with van der Waals surface area (Å²) < 4.78 is 1.80. The van der Waals surface area contributed by atoms with Gasteiger partial charge in [0.05, 0.1) is 0 Å². The molecule has 1 aliphatic heterocycles. The molecule has 2 fully saturated rings. The fraction of sp³-hybridized carbons (Fsp3) is 0.632. The van der Waals surface area contributed by atoms with E-state index < -0.39 is 5.54 Å².